The first kappa shape index (κ1) is 15.9. The summed E-state index contributed by atoms with van der Waals surface area (Å²) in [4.78, 5) is 12.2. The van der Waals surface area contributed by atoms with Gasteiger partial charge >= 0.3 is 0 Å². The molecule has 1 amide bonds. The molecule has 5 heteroatoms. The van der Waals surface area contributed by atoms with Crippen molar-refractivity contribution in [3.8, 4) is 0 Å². The lowest BCUT2D eigenvalue weighted by Gasteiger charge is -2.13. The van der Waals surface area contributed by atoms with E-state index in [-0.39, 0.29) is 12.0 Å². The molecule has 3 rings (SSSR count). The Bertz CT molecular complexity index is 706. The Labute approximate surface area is 141 Å². The number of ether oxygens (including phenoxy) is 1. The largest absolute Gasteiger partial charge is 0.376 e. The number of carbonyl (C=O) groups excluding carboxylic acids is 1. The maximum Gasteiger partial charge on any atom is 0.230 e. The van der Waals surface area contributed by atoms with Crippen molar-refractivity contribution in [2.24, 2.45) is 0 Å². The standard InChI is InChI=1S/C18H20N2O2S/c21-17(20-18(23)19-12-15-8-4-10-22-15)11-14-7-3-6-13-5-1-2-9-16(13)14/h1-3,5-7,9,15H,4,8,10-12H2,(H2,19,20,21,23)/t15-/m0/s1. The van der Waals surface area contributed by atoms with Crippen LogP contribution in [0.15, 0.2) is 42.5 Å². The van der Waals surface area contributed by atoms with Crippen molar-refractivity contribution < 1.29 is 9.53 Å². The summed E-state index contributed by atoms with van der Waals surface area (Å²) in [5.74, 6) is -0.105. The number of hydrogen-bond acceptors (Lipinski definition) is 3. The fraction of sp³-hybridized carbons (Fsp3) is 0.333. The van der Waals surface area contributed by atoms with Gasteiger partial charge in [-0.2, -0.15) is 0 Å². The average Bonchev–Trinajstić information content (AvgIpc) is 3.07. The van der Waals surface area contributed by atoms with Crippen molar-refractivity contribution in [3.63, 3.8) is 0 Å². The van der Waals surface area contributed by atoms with Gasteiger partial charge in [-0.15, -0.1) is 0 Å². The zero-order valence-electron chi connectivity index (χ0n) is 12.9. The molecular weight excluding hydrogens is 308 g/mol. The van der Waals surface area contributed by atoms with E-state index >= 15 is 0 Å². The van der Waals surface area contributed by atoms with Crippen LogP contribution in [0.5, 0.6) is 0 Å². The van der Waals surface area contributed by atoms with Crippen LogP contribution in [0.4, 0.5) is 0 Å². The van der Waals surface area contributed by atoms with E-state index in [4.69, 9.17) is 17.0 Å². The highest BCUT2D eigenvalue weighted by molar-refractivity contribution is 7.80. The monoisotopic (exact) mass is 328 g/mol. The Hall–Kier alpha value is -1.98. The Morgan fingerprint density at radius 2 is 2.04 bits per heavy atom. The normalized spacial score (nSPS) is 17.1. The summed E-state index contributed by atoms with van der Waals surface area (Å²) in [5, 5.41) is 8.40. The molecule has 0 saturated carbocycles. The second kappa shape index (κ2) is 7.53. The van der Waals surface area contributed by atoms with Gasteiger partial charge in [-0.05, 0) is 41.4 Å². The summed E-state index contributed by atoms with van der Waals surface area (Å²) in [6, 6.07) is 14.1. The van der Waals surface area contributed by atoms with E-state index in [1.54, 1.807) is 0 Å². The number of benzene rings is 2. The zero-order chi connectivity index (χ0) is 16.1. The fourth-order valence-corrected chi connectivity index (χ4v) is 3.04. The molecular formula is C18H20N2O2S. The van der Waals surface area contributed by atoms with E-state index in [0.29, 0.717) is 18.1 Å². The topological polar surface area (TPSA) is 50.4 Å². The predicted octanol–water partition coefficient (Wildman–Crippen LogP) is 2.55. The number of hydrogen-bond donors (Lipinski definition) is 2. The molecule has 0 spiro atoms. The van der Waals surface area contributed by atoms with Gasteiger partial charge in [0.1, 0.15) is 0 Å². The van der Waals surface area contributed by atoms with Gasteiger partial charge in [0.15, 0.2) is 5.11 Å². The molecule has 1 heterocycles. The van der Waals surface area contributed by atoms with E-state index in [1.165, 1.54) is 0 Å². The number of fused-ring (bicyclic) bond motifs is 1. The number of carbonyl (C=O) groups is 1. The molecule has 0 bridgehead atoms. The molecule has 2 aromatic rings. The van der Waals surface area contributed by atoms with Crippen molar-refractivity contribution in [2.45, 2.75) is 25.4 Å². The molecule has 1 fully saturated rings. The summed E-state index contributed by atoms with van der Waals surface area (Å²) in [6.07, 6.45) is 2.64. The summed E-state index contributed by atoms with van der Waals surface area (Å²) in [7, 11) is 0. The number of amides is 1. The van der Waals surface area contributed by atoms with Crippen LogP contribution in [-0.4, -0.2) is 30.3 Å². The van der Waals surface area contributed by atoms with E-state index < -0.39 is 0 Å². The summed E-state index contributed by atoms with van der Waals surface area (Å²) in [6.45, 7) is 1.46. The Balaban J connectivity index is 1.54. The van der Waals surface area contributed by atoms with Crippen molar-refractivity contribution in [1.29, 1.82) is 0 Å². The van der Waals surface area contributed by atoms with E-state index in [0.717, 1.165) is 35.8 Å². The van der Waals surface area contributed by atoms with Crippen LogP contribution < -0.4 is 10.6 Å². The van der Waals surface area contributed by atoms with Crippen LogP contribution >= 0.6 is 12.2 Å². The van der Waals surface area contributed by atoms with Crippen LogP contribution in [-0.2, 0) is 16.0 Å². The van der Waals surface area contributed by atoms with Gasteiger partial charge in [0.05, 0.1) is 12.5 Å². The number of thiocarbonyl (C=S) groups is 1. The Morgan fingerprint density at radius 1 is 1.22 bits per heavy atom. The fourth-order valence-electron chi connectivity index (χ4n) is 2.85. The van der Waals surface area contributed by atoms with Crippen LogP contribution in [0.3, 0.4) is 0 Å². The molecule has 1 aliphatic rings. The molecule has 0 aromatic heterocycles. The molecule has 1 atom stereocenters. The van der Waals surface area contributed by atoms with Gasteiger partial charge in [0.2, 0.25) is 5.91 Å². The molecule has 0 unspecified atom stereocenters. The van der Waals surface area contributed by atoms with Crippen molar-refractivity contribution in [2.75, 3.05) is 13.2 Å². The van der Waals surface area contributed by atoms with E-state index in [9.17, 15) is 4.79 Å². The number of rotatable bonds is 4. The first-order valence-electron chi connectivity index (χ1n) is 7.88. The minimum absolute atomic E-state index is 0.105. The lowest BCUT2D eigenvalue weighted by molar-refractivity contribution is -0.119. The highest BCUT2D eigenvalue weighted by atomic mass is 32.1. The Morgan fingerprint density at radius 3 is 2.87 bits per heavy atom. The summed E-state index contributed by atoms with van der Waals surface area (Å²) >= 11 is 5.18. The van der Waals surface area contributed by atoms with Crippen LogP contribution in [0, 0.1) is 0 Å². The lowest BCUT2D eigenvalue weighted by atomic mass is 10.0. The SMILES string of the molecule is O=C(Cc1cccc2ccccc12)NC(=S)NC[C@@H]1CCCO1. The summed E-state index contributed by atoms with van der Waals surface area (Å²) < 4.78 is 5.52. The van der Waals surface area contributed by atoms with Crippen molar-refractivity contribution in [1.82, 2.24) is 10.6 Å². The molecule has 4 nitrogen and oxygen atoms in total. The molecule has 1 saturated heterocycles. The quantitative estimate of drug-likeness (QED) is 0.847. The molecule has 0 radical (unpaired) electrons. The third-order valence-electron chi connectivity index (χ3n) is 4.00. The first-order valence-corrected chi connectivity index (χ1v) is 8.29. The second-order valence-corrected chi connectivity index (χ2v) is 6.12. The minimum atomic E-state index is -0.105. The van der Waals surface area contributed by atoms with Crippen molar-refractivity contribution in [3.05, 3.63) is 48.0 Å². The zero-order valence-corrected chi connectivity index (χ0v) is 13.7. The minimum Gasteiger partial charge on any atom is -0.376 e. The van der Waals surface area contributed by atoms with Gasteiger partial charge in [0.25, 0.3) is 0 Å². The highest BCUT2D eigenvalue weighted by Crippen LogP contribution is 2.18. The molecule has 0 aliphatic carbocycles. The van der Waals surface area contributed by atoms with Crippen molar-refractivity contribution >= 4 is 34.0 Å². The van der Waals surface area contributed by atoms with E-state index in [2.05, 4.69) is 10.6 Å². The van der Waals surface area contributed by atoms with Crippen LogP contribution in [0.25, 0.3) is 10.8 Å². The Kier molecular flexibility index (Phi) is 5.20. The van der Waals surface area contributed by atoms with Crippen LogP contribution in [0.2, 0.25) is 0 Å². The third kappa shape index (κ3) is 4.27. The van der Waals surface area contributed by atoms with E-state index in [1.807, 2.05) is 42.5 Å². The molecule has 2 N–H and O–H groups in total. The van der Waals surface area contributed by atoms with Gasteiger partial charge < -0.3 is 15.4 Å². The highest BCUT2D eigenvalue weighted by Gasteiger charge is 2.16. The van der Waals surface area contributed by atoms with Gasteiger partial charge in [0, 0.05) is 13.2 Å². The molecule has 120 valence electrons. The van der Waals surface area contributed by atoms with Gasteiger partial charge in [-0.3, -0.25) is 4.79 Å². The maximum absolute atomic E-state index is 12.2. The predicted molar refractivity (Wildman–Crippen MR) is 95.4 cm³/mol. The third-order valence-corrected chi connectivity index (χ3v) is 4.24. The van der Waals surface area contributed by atoms with Crippen LogP contribution in [0.1, 0.15) is 18.4 Å². The van der Waals surface area contributed by atoms with Gasteiger partial charge in [-0.25, -0.2) is 0 Å². The lowest BCUT2D eigenvalue weighted by Crippen LogP contribution is -2.42. The first-order chi connectivity index (χ1) is 11.2. The summed E-state index contributed by atoms with van der Waals surface area (Å²) in [5.41, 5.74) is 1.00. The molecule has 23 heavy (non-hydrogen) atoms. The maximum atomic E-state index is 12.2. The smallest absolute Gasteiger partial charge is 0.230 e. The molecule has 1 aliphatic heterocycles. The number of nitrogens with one attached hydrogen (secondary N) is 2. The average molecular weight is 328 g/mol. The molecule has 2 aromatic carbocycles. The van der Waals surface area contributed by atoms with Gasteiger partial charge in [-0.1, -0.05) is 42.5 Å². The second-order valence-electron chi connectivity index (χ2n) is 5.71.